The van der Waals surface area contributed by atoms with Gasteiger partial charge in [0.2, 0.25) is 0 Å². The summed E-state index contributed by atoms with van der Waals surface area (Å²) >= 11 is 0. The van der Waals surface area contributed by atoms with Gasteiger partial charge in [-0.05, 0) is 43.2 Å². The Morgan fingerprint density at radius 1 is 1.33 bits per heavy atom. The van der Waals surface area contributed by atoms with Gasteiger partial charge in [-0.25, -0.2) is 13.4 Å². The number of aromatic hydroxyl groups is 1. The zero-order chi connectivity index (χ0) is 15.6. The van der Waals surface area contributed by atoms with Gasteiger partial charge in [-0.2, -0.15) is 5.26 Å². The first-order chi connectivity index (χ1) is 9.85. The van der Waals surface area contributed by atoms with Crippen molar-refractivity contribution in [2.75, 3.05) is 4.72 Å². The molecule has 1 aromatic carbocycles. The Labute approximate surface area is 122 Å². The molecule has 6 nitrogen and oxygen atoms in total. The Morgan fingerprint density at radius 3 is 2.71 bits per heavy atom. The van der Waals surface area contributed by atoms with E-state index in [2.05, 4.69) is 9.71 Å². The number of sulfonamides is 1. The van der Waals surface area contributed by atoms with Crippen LogP contribution < -0.4 is 4.72 Å². The maximum Gasteiger partial charge on any atom is 0.264 e. The summed E-state index contributed by atoms with van der Waals surface area (Å²) in [5.74, 6) is -0.147. The van der Waals surface area contributed by atoms with Crippen LogP contribution in [0.15, 0.2) is 35.4 Å². The van der Waals surface area contributed by atoms with Gasteiger partial charge in [-0.15, -0.1) is 0 Å². The van der Waals surface area contributed by atoms with E-state index >= 15 is 0 Å². The first-order valence-corrected chi connectivity index (χ1v) is 7.51. The predicted molar refractivity (Wildman–Crippen MR) is 77.3 cm³/mol. The molecule has 0 aliphatic rings. The monoisotopic (exact) mass is 303 g/mol. The van der Waals surface area contributed by atoms with Gasteiger partial charge in [0, 0.05) is 6.20 Å². The number of phenols is 1. The van der Waals surface area contributed by atoms with E-state index < -0.39 is 10.0 Å². The molecule has 0 fully saturated rings. The maximum absolute atomic E-state index is 12.3. The standard InChI is InChI=1S/C14H13N3O3S/c1-9-6-10(2)14(18)11(7-9)17-21(19,20)13-4-3-5-16-12(13)8-15/h3-7,17-18H,1-2H3. The van der Waals surface area contributed by atoms with E-state index in [9.17, 15) is 13.5 Å². The summed E-state index contributed by atoms with van der Waals surface area (Å²) in [6, 6.07) is 7.69. The van der Waals surface area contributed by atoms with Crippen LogP contribution >= 0.6 is 0 Å². The van der Waals surface area contributed by atoms with Crippen molar-refractivity contribution in [3.8, 4) is 11.8 Å². The van der Waals surface area contributed by atoms with Gasteiger partial charge in [-0.1, -0.05) is 6.07 Å². The molecule has 0 saturated carbocycles. The van der Waals surface area contributed by atoms with Crippen molar-refractivity contribution >= 4 is 15.7 Å². The lowest BCUT2D eigenvalue weighted by atomic mass is 10.1. The fourth-order valence-corrected chi connectivity index (χ4v) is 3.09. The van der Waals surface area contributed by atoms with E-state index in [4.69, 9.17) is 5.26 Å². The SMILES string of the molecule is Cc1cc(C)c(O)c(NS(=O)(=O)c2cccnc2C#N)c1. The van der Waals surface area contributed by atoms with Gasteiger partial charge in [0.05, 0.1) is 5.69 Å². The Morgan fingerprint density at radius 2 is 2.05 bits per heavy atom. The van der Waals surface area contributed by atoms with Gasteiger partial charge >= 0.3 is 0 Å². The molecule has 0 spiro atoms. The molecule has 0 amide bonds. The highest BCUT2D eigenvalue weighted by atomic mass is 32.2. The Balaban J connectivity index is 2.51. The second kappa shape index (κ2) is 5.42. The third-order valence-corrected chi connectivity index (χ3v) is 4.25. The van der Waals surface area contributed by atoms with Crippen LogP contribution in [0.4, 0.5) is 5.69 Å². The van der Waals surface area contributed by atoms with Crippen molar-refractivity contribution < 1.29 is 13.5 Å². The molecule has 1 heterocycles. The highest BCUT2D eigenvalue weighted by Crippen LogP contribution is 2.30. The maximum atomic E-state index is 12.3. The third kappa shape index (κ3) is 2.95. The summed E-state index contributed by atoms with van der Waals surface area (Å²) in [6.07, 6.45) is 1.34. The number of nitrogens with zero attached hydrogens (tertiary/aromatic N) is 2. The number of pyridine rings is 1. The number of anilines is 1. The lowest BCUT2D eigenvalue weighted by molar-refractivity contribution is 0.473. The molecule has 0 atom stereocenters. The Kier molecular flexibility index (Phi) is 3.82. The number of nitrogens with one attached hydrogen (secondary N) is 1. The van der Waals surface area contributed by atoms with Crippen molar-refractivity contribution in [1.29, 1.82) is 5.26 Å². The number of rotatable bonds is 3. The minimum atomic E-state index is -4.01. The topological polar surface area (TPSA) is 103 Å². The Bertz CT molecular complexity index is 839. The van der Waals surface area contributed by atoms with Gasteiger partial charge in [0.15, 0.2) is 5.69 Å². The molecule has 108 valence electrons. The summed E-state index contributed by atoms with van der Waals surface area (Å²) in [5, 5.41) is 18.9. The first kappa shape index (κ1) is 14.8. The number of phenolic OH excluding ortho intramolecular Hbond substituents is 1. The molecule has 2 rings (SSSR count). The molecule has 0 unspecified atom stereocenters. The fraction of sp³-hybridized carbons (Fsp3) is 0.143. The van der Waals surface area contributed by atoms with E-state index in [-0.39, 0.29) is 22.0 Å². The molecule has 0 radical (unpaired) electrons. The van der Waals surface area contributed by atoms with E-state index in [1.54, 1.807) is 26.0 Å². The lowest BCUT2D eigenvalue weighted by Crippen LogP contribution is -2.15. The largest absolute Gasteiger partial charge is 0.505 e. The van der Waals surface area contributed by atoms with Crippen molar-refractivity contribution in [2.24, 2.45) is 0 Å². The number of aryl methyl sites for hydroxylation is 2. The van der Waals surface area contributed by atoms with E-state index in [1.165, 1.54) is 24.4 Å². The van der Waals surface area contributed by atoms with Crippen molar-refractivity contribution in [1.82, 2.24) is 4.98 Å². The van der Waals surface area contributed by atoms with Crippen LogP contribution in [-0.2, 0) is 10.0 Å². The van der Waals surface area contributed by atoms with Gasteiger partial charge in [0.25, 0.3) is 10.0 Å². The highest BCUT2D eigenvalue weighted by Gasteiger charge is 2.21. The number of aromatic nitrogens is 1. The van der Waals surface area contributed by atoms with E-state index in [1.807, 2.05) is 0 Å². The fourth-order valence-electron chi connectivity index (χ4n) is 1.93. The van der Waals surface area contributed by atoms with Crippen LogP contribution in [0.5, 0.6) is 5.75 Å². The predicted octanol–water partition coefficient (Wildman–Crippen LogP) is 2.08. The van der Waals surface area contributed by atoms with Crippen LogP contribution in [0.2, 0.25) is 0 Å². The molecular weight excluding hydrogens is 290 g/mol. The second-order valence-corrected chi connectivity index (χ2v) is 6.20. The minimum absolute atomic E-state index is 0.0697. The van der Waals surface area contributed by atoms with Gasteiger partial charge in [-0.3, -0.25) is 4.72 Å². The molecule has 2 N–H and O–H groups in total. The molecule has 0 saturated heterocycles. The summed E-state index contributed by atoms with van der Waals surface area (Å²) < 4.78 is 27.0. The normalized spacial score (nSPS) is 10.9. The highest BCUT2D eigenvalue weighted by molar-refractivity contribution is 7.92. The Hall–Kier alpha value is -2.59. The van der Waals surface area contributed by atoms with Crippen LogP contribution in [-0.4, -0.2) is 18.5 Å². The average molecular weight is 303 g/mol. The van der Waals surface area contributed by atoms with Crippen molar-refractivity contribution in [3.63, 3.8) is 0 Å². The van der Waals surface area contributed by atoms with Crippen LogP contribution in [0.25, 0.3) is 0 Å². The van der Waals surface area contributed by atoms with Crippen molar-refractivity contribution in [2.45, 2.75) is 18.7 Å². The molecule has 0 aliphatic carbocycles. The number of hydrogen-bond acceptors (Lipinski definition) is 5. The molecule has 0 bridgehead atoms. The molecular formula is C14H13N3O3S. The number of hydrogen-bond donors (Lipinski definition) is 2. The van der Waals surface area contributed by atoms with E-state index in [0.717, 1.165) is 5.56 Å². The average Bonchev–Trinajstić information content (AvgIpc) is 2.44. The molecule has 7 heteroatoms. The quantitative estimate of drug-likeness (QED) is 0.845. The molecule has 21 heavy (non-hydrogen) atoms. The summed E-state index contributed by atoms with van der Waals surface area (Å²) in [5.41, 5.74) is 1.23. The summed E-state index contributed by atoms with van der Waals surface area (Å²) in [7, 11) is -4.01. The third-order valence-electron chi connectivity index (χ3n) is 2.86. The molecule has 0 aliphatic heterocycles. The van der Waals surface area contributed by atoms with Crippen LogP contribution in [0.3, 0.4) is 0 Å². The number of benzene rings is 1. The van der Waals surface area contributed by atoms with Gasteiger partial charge < -0.3 is 5.11 Å². The second-order valence-electron chi connectivity index (χ2n) is 4.55. The summed E-state index contributed by atoms with van der Waals surface area (Å²) in [6.45, 7) is 3.46. The molecule has 2 aromatic rings. The zero-order valence-corrected chi connectivity index (χ0v) is 12.3. The van der Waals surface area contributed by atoms with Gasteiger partial charge in [0.1, 0.15) is 16.7 Å². The lowest BCUT2D eigenvalue weighted by Gasteiger charge is -2.12. The zero-order valence-electron chi connectivity index (χ0n) is 11.5. The molecule has 1 aromatic heterocycles. The number of nitriles is 1. The minimum Gasteiger partial charge on any atom is -0.505 e. The first-order valence-electron chi connectivity index (χ1n) is 6.03. The van der Waals surface area contributed by atoms with Crippen LogP contribution in [0.1, 0.15) is 16.8 Å². The van der Waals surface area contributed by atoms with Crippen molar-refractivity contribution in [3.05, 3.63) is 47.3 Å². The van der Waals surface area contributed by atoms with Crippen LogP contribution in [0, 0.1) is 25.2 Å². The smallest absolute Gasteiger partial charge is 0.264 e. The van der Waals surface area contributed by atoms with E-state index in [0.29, 0.717) is 5.56 Å². The summed E-state index contributed by atoms with van der Waals surface area (Å²) in [4.78, 5) is 3.49.